The van der Waals surface area contributed by atoms with E-state index in [9.17, 15) is 4.79 Å². The van der Waals surface area contributed by atoms with Crippen molar-refractivity contribution in [2.45, 2.75) is 26.7 Å². The van der Waals surface area contributed by atoms with Crippen molar-refractivity contribution in [1.82, 2.24) is 10.1 Å². The summed E-state index contributed by atoms with van der Waals surface area (Å²) >= 11 is 6.05. The third-order valence-electron chi connectivity index (χ3n) is 4.18. The first-order chi connectivity index (χ1) is 11.6. The molecule has 0 bridgehead atoms. The second kappa shape index (κ2) is 7.09. The first kappa shape index (κ1) is 16.6. The first-order valence-electron chi connectivity index (χ1n) is 8.04. The van der Waals surface area contributed by atoms with E-state index in [1.54, 1.807) is 4.90 Å². The largest absolute Gasteiger partial charge is 0.359 e. The van der Waals surface area contributed by atoms with Crippen LogP contribution in [0.3, 0.4) is 0 Å². The number of amides is 2. The molecule has 0 saturated carbocycles. The summed E-state index contributed by atoms with van der Waals surface area (Å²) in [6, 6.07) is 7.68. The maximum atomic E-state index is 12.5. The van der Waals surface area contributed by atoms with Gasteiger partial charge in [0, 0.05) is 24.5 Å². The summed E-state index contributed by atoms with van der Waals surface area (Å²) in [6.07, 6.45) is 3.57. The molecule has 0 unspecified atom stereocenters. The zero-order valence-electron chi connectivity index (χ0n) is 13.8. The number of benzene rings is 1. The molecule has 0 radical (unpaired) electrons. The smallest absolute Gasteiger partial charge is 0.322 e. The summed E-state index contributed by atoms with van der Waals surface area (Å²) in [5.74, 6) is 0.702. The molecule has 2 amide bonds. The molecule has 1 aromatic carbocycles. The molecule has 126 valence electrons. The summed E-state index contributed by atoms with van der Waals surface area (Å²) in [7, 11) is 0. The maximum absolute atomic E-state index is 12.5. The van der Waals surface area contributed by atoms with Gasteiger partial charge in [0.15, 0.2) is 5.76 Å². The van der Waals surface area contributed by atoms with Crippen LogP contribution in [0, 0.1) is 6.92 Å². The van der Waals surface area contributed by atoms with Crippen molar-refractivity contribution in [1.29, 1.82) is 0 Å². The van der Waals surface area contributed by atoms with Gasteiger partial charge in [-0.2, -0.15) is 0 Å². The van der Waals surface area contributed by atoms with Gasteiger partial charge >= 0.3 is 6.03 Å². The highest BCUT2D eigenvalue weighted by molar-refractivity contribution is 6.30. The number of nitrogens with zero attached hydrogens (tertiary/aromatic N) is 2. The zero-order chi connectivity index (χ0) is 17.1. The van der Waals surface area contributed by atoms with E-state index in [4.69, 9.17) is 16.1 Å². The second-order valence-corrected chi connectivity index (χ2v) is 6.22. The van der Waals surface area contributed by atoms with Gasteiger partial charge in [-0.25, -0.2) is 4.79 Å². The standard InChI is InChI=1S/C18H20ClN3O2/c1-3-16-17(12(2)21-24-16)20-18(23)22-9-7-13(8-10-22)14-5-4-6-15(19)11-14/h4-7,11H,3,8-10H2,1-2H3,(H,20,23). The Kier molecular flexibility index (Phi) is 4.90. The van der Waals surface area contributed by atoms with Gasteiger partial charge in [0.05, 0.1) is 0 Å². The number of hydrogen-bond donors (Lipinski definition) is 1. The van der Waals surface area contributed by atoms with Gasteiger partial charge in [0.2, 0.25) is 0 Å². The van der Waals surface area contributed by atoms with Crippen molar-refractivity contribution >= 4 is 28.9 Å². The van der Waals surface area contributed by atoms with E-state index in [0.29, 0.717) is 36.7 Å². The van der Waals surface area contributed by atoms with Gasteiger partial charge in [0.25, 0.3) is 0 Å². The molecule has 0 spiro atoms. The van der Waals surface area contributed by atoms with Crippen LogP contribution in [0.15, 0.2) is 34.9 Å². The molecule has 1 N–H and O–H groups in total. The molecule has 5 nitrogen and oxygen atoms in total. The van der Waals surface area contributed by atoms with Crippen LogP contribution in [0.4, 0.5) is 10.5 Å². The number of carbonyl (C=O) groups excluding carboxylic acids is 1. The summed E-state index contributed by atoms with van der Waals surface area (Å²) in [5, 5.41) is 7.56. The SMILES string of the molecule is CCc1onc(C)c1NC(=O)N1CC=C(c2cccc(Cl)c2)CC1. The van der Waals surface area contributed by atoms with Gasteiger partial charge in [0.1, 0.15) is 11.4 Å². The molecular formula is C18H20ClN3O2. The summed E-state index contributed by atoms with van der Waals surface area (Å²) in [4.78, 5) is 14.3. The van der Waals surface area contributed by atoms with E-state index in [-0.39, 0.29) is 6.03 Å². The monoisotopic (exact) mass is 345 g/mol. The van der Waals surface area contributed by atoms with E-state index in [2.05, 4.69) is 16.5 Å². The van der Waals surface area contributed by atoms with Crippen LogP contribution in [0.5, 0.6) is 0 Å². The van der Waals surface area contributed by atoms with Crippen molar-refractivity contribution in [3.8, 4) is 0 Å². The Morgan fingerprint density at radius 3 is 2.96 bits per heavy atom. The van der Waals surface area contributed by atoms with Gasteiger partial charge in [-0.15, -0.1) is 0 Å². The fourth-order valence-electron chi connectivity index (χ4n) is 2.81. The average Bonchev–Trinajstić information content (AvgIpc) is 2.95. The molecule has 2 heterocycles. The molecule has 2 aromatic rings. The molecule has 1 aliphatic heterocycles. The Hall–Kier alpha value is -2.27. The Morgan fingerprint density at radius 1 is 1.46 bits per heavy atom. The number of aromatic nitrogens is 1. The van der Waals surface area contributed by atoms with E-state index in [1.165, 1.54) is 5.57 Å². The third-order valence-corrected chi connectivity index (χ3v) is 4.41. The Morgan fingerprint density at radius 2 is 2.29 bits per heavy atom. The highest BCUT2D eigenvalue weighted by atomic mass is 35.5. The van der Waals surface area contributed by atoms with Crippen molar-refractivity contribution in [3.63, 3.8) is 0 Å². The van der Waals surface area contributed by atoms with Crippen LogP contribution in [0.1, 0.15) is 30.4 Å². The Labute approximate surface area is 146 Å². The van der Waals surface area contributed by atoms with E-state index in [1.807, 2.05) is 38.1 Å². The van der Waals surface area contributed by atoms with Crippen LogP contribution in [-0.4, -0.2) is 29.2 Å². The highest BCUT2D eigenvalue weighted by Gasteiger charge is 2.21. The first-order valence-corrected chi connectivity index (χ1v) is 8.42. The normalized spacial score (nSPS) is 14.5. The number of anilines is 1. The lowest BCUT2D eigenvalue weighted by atomic mass is 10.00. The van der Waals surface area contributed by atoms with Crippen LogP contribution < -0.4 is 5.32 Å². The number of carbonyl (C=O) groups is 1. The highest BCUT2D eigenvalue weighted by Crippen LogP contribution is 2.26. The van der Waals surface area contributed by atoms with Crippen LogP contribution in [-0.2, 0) is 6.42 Å². The van der Waals surface area contributed by atoms with Crippen LogP contribution in [0.25, 0.3) is 5.57 Å². The van der Waals surface area contributed by atoms with E-state index < -0.39 is 0 Å². The van der Waals surface area contributed by atoms with Crippen molar-refractivity contribution in [2.75, 3.05) is 18.4 Å². The summed E-state index contributed by atoms with van der Waals surface area (Å²) < 4.78 is 5.21. The molecule has 3 rings (SSSR count). The predicted molar refractivity (Wildman–Crippen MR) is 95.3 cm³/mol. The average molecular weight is 346 g/mol. The zero-order valence-corrected chi connectivity index (χ0v) is 14.6. The number of halogens is 1. The Bertz CT molecular complexity index is 782. The quantitative estimate of drug-likeness (QED) is 0.889. The summed E-state index contributed by atoms with van der Waals surface area (Å²) in [6.45, 7) is 5.03. The number of urea groups is 1. The molecule has 0 saturated heterocycles. The third kappa shape index (κ3) is 3.46. The molecule has 1 aliphatic rings. The van der Waals surface area contributed by atoms with Crippen molar-refractivity contribution < 1.29 is 9.32 Å². The van der Waals surface area contributed by atoms with Crippen LogP contribution in [0.2, 0.25) is 5.02 Å². The lowest BCUT2D eigenvalue weighted by Gasteiger charge is -2.27. The lowest BCUT2D eigenvalue weighted by molar-refractivity contribution is 0.217. The number of hydrogen-bond acceptors (Lipinski definition) is 3. The van der Waals surface area contributed by atoms with Crippen molar-refractivity contribution in [2.24, 2.45) is 0 Å². The molecule has 0 atom stereocenters. The number of rotatable bonds is 3. The fourth-order valence-corrected chi connectivity index (χ4v) is 3.00. The van der Waals surface area contributed by atoms with E-state index >= 15 is 0 Å². The number of nitrogens with one attached hydrogen (secondary N) is 1. The van der Waals surface area contributed by atoms with E-state index in [0.717, 1.165) is 17.0 Å². The topological polar surface area (TPSA) is 58.4 Å². The van der Waals surface area contributed by atoms with Gasteiger partial charge < -0.3 is 14.7 Å². The van der Waals surface area contributed by atoms with Gasteiger partial charge in [-0.1, -0.05) is 41.9 Å². The minimum atomic E-state index is -0.127. The second-order valence-electron chi connectivity index (χ2n) is 5.79. The van der Waals surface area contributed by atoms with Gasteiger partial charge in [-0.3, -0.25) is 0 Å². The molecular weight excluding hydrogens is 326 g/mol. The molecule has 24 heavy (non-hydrogen) atoms. The number of aryl methyl sites for hydroxylation is 2. The van der Waals surface area contributed by atoms with Crippen LogP contribution >= 0.6 is 11.6 Å². The predicted octanol–water partition coefficient (Wildman–Crippen LogP) is 4.52. The molecule has 0 fully saturated rings. The lowest BCUT2D eigenvalue weighted by Crippen LogP contribution is -2.38. The molecule has 0 aliphatic carbocycles. The van der Waals surface area contributed by atoms with Gasteiger partial charge in [-0.05, 0) is 36.6 Å². The Balaban J connectivity index is 1.67. The maximum Gasteiger partial charge on any atom is 0.322 e. The fraction of sp³-hybridized carbons (Fsp3) is 0.333. The van der Waals surface area contributed by atoms with Crippen molar-refractivity contribution in [3.05, 3.63) is 52.4 Å². The minimum Gasteiger partial charge on any atom is -0.359 e. The minimum absolute atomic E-state index is 0.127. The summed E-state index contributed by atoms with van der Waals surface area (Å²) in [5.41, 5.74) is 3.72. The molecule has 1 aromatic heterocycles. The molecule has 6 heteroatoms.